The van der Waals surface area contributed by atoms with Gasteiger partial charge in [0.25, 0.3) is 0 Å². The van der Waals surface area contributed by atoms with Crippen molar-refractivity contribution in [2.75, 3.05) is 0 Å². The van der Waals surface area contributed by atoms with E-state index in [1.54, 1.807) is 0 Å². The molecule has 0 saturated heterocycles. The van der Waals surface area contributed by atoms with Gasteiger partial charge in [-0.15, -0.1) is 69.1 Å². The van der Waals surface area contributed by atoms with Crippen LogP contribution in [0.5, 0.6) is 0 Å². The first kappa shape index (κ1) is 33.4. The normalized spacial score (nSPS) is 9.29. The van der Waals surface area contributed by atoms with Gasteiger partial charge in [-0.05, 0) is 35.4 Å². The van der Waals surface area contributed by atoms with Gasteiger partial charge in [0.05, 0.1) is 0 Å². The van der Waals surface area contributed by atoms with Crippen LogP contribution < -0.4 is 0 Å². The van der Waals surface area contributed by atoms with Gasteiger partial charge in [0.1, 0.15) is 0 Å². The summed E-state index contributed by atoms with van der Waals surface area (Å²) in [6.07, 6.45) is 0. The Morgan fingerprint density at radius 3 is 1.26 bits per heavy atom. The first-order chi connectivity index (χ1) is 20.5. The predicted octanol–water partition coefficient (Wildman–Crippen LogP) is 10.7. The number of halogens is 2. The quantitative estimate of drug-likeness (QED) is 0.0852. The molecule has 0 fully saturated rings. The van der Waals surface area contributed by atoms with Crippen molar-refractivity contribution in [2.45, 2.75) is 26.9 Å². The van der Waals surface area contributed by atoms with Crippen molar-refractivity contribution < 1.29 is 20.8 Å². The molecule has 6 aromatic rings. The van der Waals surface area contributed by atoms with Crippen LogP contribution in [-0.4, -0.2) is 9.52 Å². The molecule has 0 amide bonds. The Hall–Kier alpha value is -3.10. The van der Waals surface area contributed by atoms with Gasteiger partial charge >= 0.3 is 37.9 Å². The Morgan fingerprint density at radius 2 is 0.905 bits per heavy atom. The van der Waals surface area contributed by atoms with E-state index >= 15 is 0 Å². The number of hydrogen-bond donors (Lipinski definition) is 0. The van der Waals surface area contributed by atoms with E-state index in [2.05, 4.69) is 111 Å². The SMILES string of the molecule is C[Si]C.Cc1cc2c(C#Cc3ccccc3)cccc2[cH-]1.Cc1cc2c(C#Cc3ccccc3)cccc2[cH-]1.[Cl][Zr+2][Cl]. The zero-order valence-electron chi connectivity index (χ0n) is 24.3. The molecule has 0 aromatic heterocycles. The van der Waals surface area contributed by atoms with E-state index in [0.29, 0.717) is 0 Å². The molecule has 0 bridgehead atoms. The molecule has 206 valence electrons. The fraction of sp³-hybridized carbons (Fsp3) is 0.105. The Morgan fingerprint density at radius 1 is 0.548 bits per heavy atom. The first-order valence-electron chi connectivity index (χ1n) is 13.5. The predicted molar refractivity (Wildman–Crippen MR) is 183 cm³/mol. The third kappa shape index (κ3) is 10.6. The van der Waals surface area contributed by atoms with Gasteiger partial charge in [0.2, 0.25) is 0 Å². The maximum atomic E-state index is 4.93. The molecule has 0 spiro atoms. The first-order valence-corrected chi connectivity index (χ1v) is 21.8. The molecule has 0 aliphatic heterocycles. The Labute approximate surface area is 272 Å². The summed E-state index contributed by atoms with van der Waals surface area (Å²) in [5.41, 5.74) is 6.89. The summed E-state index contributed by atoms with van der Waals surface area (Å²) in [6.45, 7) is 8.54. The summed E-state index contributed by atoms with van der Waals surface area (Å²) in [5.74, 6) is 13.0. The van der Waals surface area contributed by atoms with Crippen molar-refractivity contribution in [3.05, 3.63) is 155 Å². The summed E-state index contributed by atoms with van der Waals surface area (Å²) in [7, 11) is 11.0. The Bertz CT molecular complexity index is 1660. The van der Waals surface area contributed by atoms with Crippen LogP contribution in [0.3, 0.4) is 0 Å². The summed E-state index contributed by atoms with van der Waals surface area (Å²) < 4.78 is 0. The second-order valence-corrected chi connectivity index (χ2v) is 14.2. The fourth-order valence-corrected chi connectivity index (χ4v) is 4.31. The molecule has 2 radical (unpaired) electrons. The standard InChI is InChI=1S/2C18H13.C2H6Si.2ClH.Zr/c2*1-14-12-17-9-5-8-16(18(17)13-14)11-10-15-6-3-2-4-7-15;1-3-2;;;/h2*2-9,12-13H,1H3;1-2H3;2*1H;/q2*-1;;;;+4/p-2. The van der Waals surface area contributed by atoms with Crippen LogP contribution in [0.4, 0.5) is 0 Å². The van der Waals surface area contributed by atoms with Crippen molar-refractivity contribution >= 4 is 48.1 Å². The monoisotopic (exact) mass is 676 g/mol. The molecular weight excluding hydrogens is 647 g/mol. The molecule has 0 atom stereocenters. The van der Waals surface area contributed by atoms with Gasteiger partial charge < -0.3 is 0 Å². The van der Waals surface area contributed by atoms with E-state index in [9.17, 15) is 0 Å². The van der Waals surface area contributed by atoms with Crippen LogP contribution in [0.1, 0.15) is 33.4 Å². The van der Waals surface area contributed by atoms with Crippen LogP contribution >= 0.6 is 17.0 Å². The number of fused-ring (bicyclic) bond motifs is 2. The van der Waals surface area contributed by atoms with E-state index < -0.39 is 20.8 Å². The van der Waals surface area contributed by atoms with Crippen LogP contribution in [-0.2, 0) is 20.8 Å². The molecule has 0 aliphatic rings. The molecule has 4 heteroatoms. The van der Waals surface area contributed by atoms with E-state index in [-0.39, 0.29) is 0 Å². The average molecular weight is 679 g/mol. The van der Waals surface area contributed by atoms with E-state index in [1.807, 2.05) is 60.7 Å². The van der Waals surface area contributed by atoms with Gasteiger partial charge in [0.15, 0.2) is 0 Å². The molecule has 0 saturated carbocycles. The number of hydrogen-bond acceptors (Lipinski definition) is 0. The molecule has 42 heavy (non-hydrogen) atoms. The van der Waals surface area contributed by atoms with Gasteiger partial charge in [-0.1, -0.05) is 99.2 Å². The molecular formula is C38H32Cl2SiZr. The minimum atomic E-state index is -0.826. The number of rotatable bonds is 0. The van der Waals surface area contributed by atoms with Gasteiger partial charge in [-0.25, -0.2) is 0 Å². The van der Waals surface area contributed by atoms with Gasteiger partial charge in [-0.2, -0.15) is 12.1 Å². The zero-order valence-corrected chi connectivity index (χ0v) is 29.3. The fourth-order valence-electron chi connectivity index (χ4n) is 4.31. The molecule has 6 aromatic carbocycles. The molecule has 0 N–H and O–H groups in total. The van der Waals surface area contributed by atoms with Gasteiger partial charge in [0, 0.05) is 20.6 Å². The minimum absolute atomic E-state index is 0.826. The van der Waals surface area contributed by atoms with Gasteiger partial charge in [-0.3, -0.25) is 0 Å². The summed E-state index contributed by atoms with van der Waals surface area (Å²) in [5, 5.41) is 5.04. The number of aryl methyl sites for hydroxylation is 2. The molecule has 0 unspecified atom stereocenters. The Kier molecular flexibility index (Phi) is 14.7. The molecule has 0 aliphatic carbocycles. The zero-order chi connectivity index (χ0) is 30.2. The van der Waals surface area contributed by atoms with Crippen LogP contribution in [0.25, 0.3) is 21.5 Å². The van der Waals surface area contributed by atoms with E-state index in [0.717, 1.165) is 31.8 Å². The third-order valence-corrected chi connectivity index (χ3v) is 6.02. The summed E-state index contributed by atoms with van der Waals surface area (Å²) in [4.78, 5) is 0. The summed E-state index contributed by atoms with van der Waals surface area (Å²) >= 11 is -0.826. The van der Waals surface area contributed by atoms with Crippen molar-refractivity contribution in [2.24, 2.45) is 0 Å². The molecule has 0 heterocycles. The number of benzene rings is 4. The van der Waals surface area contributed by atoms with Crippen molar-refractivity contribution in [3.8, 4) is 23.7 Å². The Balaban J connectivity index is 0.000000195. The third-order valence-electron chi connectivity index (χ3n) is 6.02. The average Bonchev–Trinajstić information content (AvgIpc) is 3.58. The van der Waals surface area contributed by atoms with Crippen molar-refractivity contribution in [1.82, 2.24) is 0 Å². The van der Waals surface area contributed by atoms with Crippen LogP contribution in [0.2, 0.25) is 13.1 Å². The van der Waals surface area contributed by atoms with E-state index in [1.165, 1.54) is 32.7 Å². The second kappa shape index (κ2) is 18.4. The van der Waals surface area contributed by atoms with Crippen molar-refractivity contribution in [1.29, 1.82) is 0 Å². The maximum absolute atomic E-state index is 4.93. The van der Waals surface area contributed by atoms with Crippen molar-refractivity contribution in [3.63, 3.8) is 0 Å². The van der Waals surface area contributed by atoms with E-state index in [4.69, 9.17) is 17.0 Å². The molecule has 6 rings (SSSR count). The van der Waals surface area contributed by atoms with Crippen LogP contribution in [0.15, 0.2) is 121 Å². The summed E-state index contributed by atoms with van der Waals surface area (Å²) in [6, 6.07) is 41.5. The second-order valence-electron chi connectivity index (χ2n) is 9.49. The van der Waals surface area contributed by atoms with Crippen LogP contribution in [0, 0.1) is 37.5 Å². The topological polar surface area (TPSA) is 0 Å². The molecule has 0 nitrogen and oxygen atoms in total.